The van der Waals surface area contributed by atoms with Crippen molar-refractivity contribution in [3.8, 4) is 16.9 Å². The Bertz CT molecular complexity index is 1190. The van der Waals surface area contributed by atoms with E-state index in [0.29, 0.717) is 11.1 Å². The average molecular weight is 474 g/mol. The van der Waals surface area contributed by atoms with Crippen molar-refractivity contribution in [3.63, 3.8) is 0 Å². The zero-order valence-electron chi connectivity index (χ0n) is 19.1. The van der Waals surface area contributed by atoms with E-state index in [1.54, 1.807) is 12.1 Å². The van der Waals surface area contributed by atoms with Crippen LogP contribution in [-0.4, -0.2) is 41.5 Å². The van der Waals surface area contributed by atoms with Gasteiger partial charge in [-0.25, -0.2) is 9.59 Å². The minimum Gasteiger partial charge on any atom is -0.508 e. The third kappa shape index (κ3) is 5.36. The molecule has 0 fully saturated rings. The Hall–Kier alpha value is -4.10. The van der Waals surface area contributed by atoms with Gasteiger partial charge in [-0.2, -0.15) is 0 Å². The molecule has 1 amide bonds. The van der Waals surface area contributed by atoms with Crippen LogP contribution in [0.1, 0.15) is 28.2 Å². The van der Waals surface area contributed by atoms with Crippen LogP contribution in [-0.2, 0) is 27.3 Å². The van der Waals surface area contributed by atoms with E-state index >= 15 is 0 Å². The van der Waals surface area contributed by atoms with Gasteiger partial charge in [0.15, 0.2) is 0 Å². The summed E-state index contributed by atoms with van der Waals surface area (Å²) in [7, 11) is 0. The molecule has 0 heterocycles. The topological polar surface area (TPSA) is 105 Å². The van der Waals surface area contributed by atoms with E-state index < -0.39 is 18.1 Å². The Morgan fingerprint density at radius 1 is 1.00 bits per heavy atom. The fraction of sp³-hybridized carbons (Fsp3) is 0.214. The Kier molecular flexibility index (Phi) is 7.48. The van der Waals surface area contributed by atoms with Gasteiger partial charge < -0.3 is 25.0 Å². The third-order valence-electron chi connectivity index (χ3n) is 6.02. The van der Waals surface area contributed by atoms with Gasteiger partial charge in [-0.1, -0.05) is 67.3 Å². The summed E-state index contributed by atoms with van der Waals surface area (Å²) >= 11 is 0. The first kappa shape index (κ1) is 24.0. The second-order valence-electron chi connectivity index (χ2n) is 8.27. The van der Waals surface area contributed by atoms with Crippen molar-refractivity contribution in [1.29, 1.82) is 0 Å². The normalized spacial score (nSPS) is 12.8. The number of nitrogens with one attached hydrogen (secondary N) is 1. The quantitative estimate of drug-likeness (QED) is 0.320. The molecule has 4 rings (SSSR count). The summed E-state index contributed by atoms with van der Waals surface area (Å²) in [6, 6.07) is 19.6. The number of aliphatic hydroxyl groups is 1. The number of fused-ring (bicyclic) bond motifs is 3. The molecular weight excluding hydrogens is 446 g/mol. The molecule has 3 aromatic carbocycles. The summed E-state index contributed by atoms with van der Waals surface area (Å²) in [6.45, 7) is 3.29. The smallest absolute Gasteiger partial charge is 0.407 e. The summed E-state index contributed by atoms with van der Waals surface area (Å²) in [4.78, 5) is 25.4. The molecule has 35 heavy (non-hydrogen) atoms. The number of alkyl carbamates (subject to hydrolysis) is 1. The lowest BCUT2D eigenvalue weighted by Crippen LogP contribution is -2.44. The third-order valence-corrected chi connectivity index (χ3v) is 6.02. The number of rotatable bonds is 9. The van der Waals surface area contributed by atoms with Gasteiger partial charge in [0, 0.05) is 17.9 Å². The van der Waals surface area contributed by atoms with Crippen molar-refractivity contribution in [3.05, 3.63) is 102 Å². The van der Waals surface area contributed by atoms with Crippen LogP contribution < -0.4 is 5.32 Å². The standard InChI is InChI=1S/C28H27NO6/c1-2-13-34-27(32)25(15-18-11-12-26(31)19(14-18)16-30)29-28(33)35-17-24-22-9-5-3-7-20(22)21-8-4-6-10-23(21)24/h2-12,14,24-25,30-31H,1,13,15-17H2,(H,29,33)/t25-/m1/s1. The van der Waals surface area contributed by atoms with Crippen LogP contribution in [0.3, 0.4) is 0 Å². The highest BCUT2D eigenvalue weighted by Crippen LogP contribution is 2.44. The number of esters is 1. The Morgan fingerprint density at radius 2 is 1.66 bits per heavy atom. The van der Waals surface area contributed by atoms with Crippen LogP contribution in [0.5, 0.6) is 5.75 Å². The monoisotopic (exact) mass is 473 g/mol. The predicted molar refractivity (Wildman–Crippen MR) is 131 cm³/mol. The number of hydrogen-bond acceptors (Lipinski definition) is 6. The van der Waals surface area contributed by atoms with Crippen LogP contribution in [0.25, 0.3) is 11.1 Å². The molecule has 0 spiro atoms. The van der Waals surface area contributed by atoms with Crippen molar-refractivity contribution in [2.45, 2.75) is 25.0 Å². The number of benzene rings is 3. The second-order valence-corrected chi connectivity index (χ2v) is 8.27. The molecule has 7 nitrogen and oxygen atoms in total. The molecule has 0 radical (unpaired) electrons. The van der Waals surface area contributed by atoms with Gasteiger partial charge >= 0.3 is 12.1 Å². The maximum atomic E-state index is 12.7. The number of phenols is 1. The highest BCUT2D eigenvalue weighted by molar-refractivity contribution is 5.82. The van der Waals surface area contributed by atoms with Crippen molar-refractivity contribution in [2.24, 2.45) is 0 Å². The van der Waals surface area contributed by atoms with Crippen LogP contribution >= 0.6 is 0 Å². The molecule has 180 valence electrons. The summed E-state index contributed by atoms with van der Waals surface area (Å²) in [5, 5.41) is 21.8. The second kappa shape index (κ2) is 10.9. The van der Waals surface area contributed by atoms with E-state index in [9.17, 15) is 19.8 Å². The molecular formula is C28H27NO6. The molecule has 0 saturated heterocycles. The fourth-order valence-electron chi connectivity index (χ4n) is 4.35. The van der Waals surface area contributed by atoms with Crippen molar-refractivity contribution in [1.82, 2.24) is 5.32 Å². The van der Waals surface area contributed by atoms with E-state index in [1.165, 1.54) is 12.1 Å². The van der Waals surface area contributed by atoms with E-state index in [4.69, 9.17) is 9.47 Å². The molecule has 0 aliphatic heterocycles. The number of ether oxygens (including phenoxy) is 2. The molecule has 0 bridgehead atoms. The Balaban J connectivity index is 1.46. The van der Waals surface area contributed by atoms with E-state index in [2.05, 4.69) is 24.0 Å². The SMILES string of the molecule is C=CCOC(=O)[C@@H](Cc1ccc(O)c(CO)c1)NC(=O)OCC1c2ccccc2-c2ccccc21. The van der Waals surface area contributed by atoms with E-state index in [1.807, 2.05) is 36.4 Å². The van der Waals surface area contributed by atoms with Gasteiger partial charge in [0.2, 0.25) is 0 Å². The highest BCUT2D eigenvalue weighted by atomic mass is 16.6. The Morgan fingerprint density at radius 3 is 2.29 bits per heavy atom. The summed E-state index contributed by atoms with van der Waals surface area (Å²) in [5.41, 5.74) is 5.37. The zero-order valence-corrected chi connectivity index (χ0v) is 19.1. The van der Waals surface area contributed by atoms with Gasteiger partial charge in [0.1, 0.15) is 25.0 Å². The van der Waals surface area contributed by atoms with E-state index in [0.717, 1.165) is 22.3 Å². The van der Waals surface area contributed by atoms with Gasteiger partial charge in [0.25, 0.3) is 0 Å². The van der Waals surface area contributed by atoms with Crippen LogP contribution in [0, 0.1) is 0 Å². The predicted octanol–water partition coefficient (Wildman–Crippen LogP) is 4.06. The maximum Gasteiger partial charge on any atom is 0.407 e. The van der Waals surface area contributed by atoms with E-state index in [-0.39, 0.29) is 37.9 Å². The average Bonchev–Trinajstić information content (AvgIpc) is 3.20. The first-order valence-corrected chi connectivity index (χ1v) is 11.3. The number of aromatic hydroxyl groups is 1. The van der Waals surface area contributed by atoms with Crippen LogP contribution in [0.4, 0.5) is 4.79 Å². The lowest BCUT2D eigenvalue weighted by molar-refractivity contribution is -0.144. The Labute approximate surface area is 203 Å². The summed E-state index contributed by atoms with van der Waals surface area (Å²) in [6.07, 6.45) is 0.786. The summed E-state index contributed by atoms with van der Waals surface area (Å²) < 4.78 is 10.7. The highest BCUT2D eigenvalue weighted by Gasteiger charge is 2.30. The largest absolute Gasteiger partial charge is 0.508 e. The number of aliphatic hydroxyl groups excluding tert-OH is 1. The van der Waals surface area contributed by atoms with Gasteiger partial charge in [-0.05, 0) is 39.9 Å². The molecule has 1 atom stereocenters. The van der Waals surface area contributed by atoms with Gasteiger partial charge in [-0.3, -0.25) is 0 Å². The van der Waals surface area contributed by atoms with Crippen molar-refractivity contribution >= 4 is 12.1 Å². The first-order valence-electron chi connectivity index (χ1n) is 11.3. The van der Waals surface area contributed by atoms with Crippen LogP contribution in [0.2, 0.25) is 0 Å². The van der Waals surface area contributed by atoms with Crippen molar-refractivity contribution < 1.29 is 29.3 Å². The minimum absolute atomic E-state index is 0.000822. The lowest BCUT2D eigenvalue weighted by atomic mass is 9.98. The zero-order chi connectivity index (χ0) is 24.8. The maximum absolute atomic E-state index is 12.7. The number of carbonyl (C=O) groups is 2. The summed E-state index contributed by atoms with van der Waals surface area (Å²) in [5.74, 6) is -0.799. The minimum atomic E-state index is -1.03. The molecule has 1 aliphatic rings. The number of carbonyl (C=O) groups excluding carboxylic acids is 2. The number of hydrogen-bond donors (Lipinski definition) is 3. The molecule has 0 unspecified atom stereocenters. The molecule has 1 aliphatic carbocycles. The number of amides is 1. The molecule has 0 saturated carbocycles. The first-order chi connectivity index (χ1) is 17.0. The van der Waals surface area contributed by atoms with Gasteiger partial charge in [-0.15, -0.1) is 0 Å². The fourth-order valence-corrected chi connectivity index (χ4v) is 4.35. The van der Waals surface area contributed by atoms with Gasteiger partial charge in [0.05, 0.1) is 6.61 Å². The van der Waals surface area contributed by atoms with Crippen molar-refractivity contribution in [2.75, 3.05) is 13.2 Å². The van der Waals surface area contributed by atoms with Crippen LogP contribution in [0.15, 0.2) is 79.4 Å². The molecule has 3 aromatic rings. The molecule has 7 heteroatoms. The molecule has 0 aromatic heterocycles. The lowest BCUT2D eigenvalue weighted by Gasteiger charge is -2.19. The molecule has 3 N–H and O–H groups in total.